The van der Waals surface area contributed by atoms with Gasteiger partial charge in [-0.15, -0.1) is 0 Å². The standard InChI is InChI=1S/C21H25NO4/c1-21(2,3)16-9-7-15(8-10-16)19(23)22-18(20(24)25)13-14-5-11-17(26-4)12-6-14/h5-12,18H,13H2,1-4H3,(H,22,23)(H,24,25)/t18-/m0/s1. The Labute approximate surface area is 154 Å². The Bertz CT molecular complexity index is 758. The molecular weight excluding hydrogens is 330 g/mol. The van der Waals surface area contributed by atoms with Crippen LogP contribution in [-0.4, -0.2) is 30.1 Å². The van der Waals surface area contributed by atoms with Crippen molar-refractivity contribution < 1.29 is 19.4 Å². The second-order valence-corrected chi connectivity index (χ2v) is 7.24. The van der Waals surface area contributed by atoms with Crippen molar-refractivity contribution in [3.8, 4) is 5.75 Å². The first-order chi connectivity index (χ1) is 12.2. The number of aliphatic carboxylic acids is 1. The van der Waals surface area contributed by atoms with Crippen molar-refractivity contribution >= 4 is 11.9 Å². The summed E-state index contributed by atoms with van der Waals surface area (Å²) in [5.41, 5.74) is 2.36. The van der Waals surface area contributed by atoms with E-state index in [1.165, 1.54) is 0 Å². The zero-order valence-corrected chi connectivity index (χ0v) is 15.6. The molecule has 0 aliphatic heterocycles. The average Bonchev–Trinajstić information content (AvgIpc) is 2.61. The van der Waals surface area contributed by atoms with Gasteiger partial charge in [-0.3, -0.25) is 4.79 Å². The molecule has 0 fully saturated rings. The molecule has 138 valence electrons. The molecule has 1 amide bonds. The fourth-order valence-electron chi connectivity index (χ4n) is 2.56. The molecule has 0 bridgehead atoms. The van der Waals surface area contributed by atoms with Crippen molar-refractivity contribution in [3.63, 3.8) is 0 Å². The normalized spacial score (nSPS) is 12.3. The van der Waals surface area contributed by atoms with Crippen molar-refractivity contribution in [2.24, 2.45) is 0 Å². The minimum Gasteiger partial charge on any atom is -0.497 e. The van der Waals surface area contributed by atoms with E-state index in [1.807, 2.05) is 12.1 Å². The molecule has 5 nitrogen and oxygen atoms in total. The number of methoxy groups -OCH3 is 1. The maximum absolute atomic E-state index is 12.4. The molecule has 0 aromatic heterocycles. The number of rotatable bonds is 6. The van der Waals surface area contributed by atoms with Gasteiger partial charge in [-0.1, -0.05) is 45.0 Å². The van der Waals surface area contributed by atoms with Gasteiger partial charge >= 0.3 is 5.97 Å². The summed E-state index contributed by atoms with van der Waals surface area (Å²) in [4.78, 5) is 24.0. The van der Waals surface area contributed by atoms with Crippen LogP contribution in [0.5, 0.6) is 5.75 Å². The summed E-state index contributed by atoms with van der Waals surface area (Å²) < 4.78 is 5.09. The number of hydrogen-bond acceptors (Lipinski definition) is 3. The van der Waals surface area contributed by atoms with Crippen LogP contribution in [0.25, 0.3) is 0 Å². The number of benzene rings is 2. The highest BCUT2D eigenvalue weighted by Gasteiger charge is 2.22. The van der Waals surface area contributed by atoms with E-state index in [-0.39, 0.29) is 11.8 Å². The molecule has 0 heterocycles. The van der Waals surface area contributed by atoms with Gasteiger partial charge < -0.3 is 15.2 Å². The summed E-state index contributed by atoms with van der Waals surface area (Å²) in [6.45, 7) is 6.28. The highest BCUT2D eigenvalue weighted by Crippen LogP contribution is 2.22. The summed E-state index contributed by atoms with van der Waals surface area (Å²) in [7, 11) is 1.57. The maximum atomic E-state index is 12.4. The predicted octanol–water partition coefficient (Wildman–Crippen LogP) is 3.42. The Morgan fingerprint density at radius 1 is 1.04 bits per heavy atom. The molecule has 0 aliphatic carbocycles. The fraction of sp³-hybridized carbons (Fsp3) is 0.333. The van der Waals surface area contributed by atoms with Gasteiger partial charge in [-0.05, 0) is 40.8 Å². The first-order valence-corrected chi connectivity index (χ1v) is 8.48. The quantitative estimate of drug-likeness (QED) is 0.832. The zero-order valence-electron chi connectivity index (χ0n) is 15.6. The average molecular weight is 355 g/mol. The number of carbonyl (C=O) groups is 2. The van der Waals surface area contributed by atoms with E-state index < -0.39 is 17.9 Å². The van der Waals surface area contributed by atoms with Crippen molar-refractivity contribution in [1.29, 1.82) is 0 Å². The lowest BCUT2D eigenvalue weighted by Crippen LogP contribution is -2.42. The molecule has 26 heavy (non-hydrogen) atoms. The first-order valence-electron chi connectivity index (χ1n) is 8.48. The smallest absolute Gasteiger partial charge is 0.326 e. The van der Waals surface area contributed by atoms with Gasteiger partial charge in [0.1, 0.15) is 11.8 Å². The molecule has 0 spiro atoms. The molecule has 2 aromatic rings. The summed E-state index contributed by atoms with van der Waals surface area (Å²) >= 11 is 0. The van der Waals surface area contributed by atoms with Crippen LogP contribution in [0, 0.1) is 0 Å². The van der Waals surface area contributed by atoms with E-state index in [0.717, 1.165) is 11.1 Å². The van der Waals surface area contributed by atoms with Gasteiger partial charge in [0.2, 0.25) is 0 Å². The van der Waals surface area contributed by atoms with Crippen LogP contribution in [0.1, 0.15) is 42.3 Å². The summed E-state index contributed by atoms with van der Waals surface area (Å²) in [6.07, 6.45) is 0.200. The molecule has 1 atom stereocenters. The summed E-state index contributed by atoms with van der Waals surface area (Å²) in [5.74, 6) is -0.768. The van der Waals surface area contributed by atoms with Gasteiger partial charge in [-0.2, -0.15) is 0 Å². The topological polar surface area (TPSA) is 75.6 Å². The SMILES string of the molecule is COc1ccc(C[C@H](NC(=O)c2ccc(C(C)(C)C)cc2)C(=O)O)cc1. The highest BCUT2D eigenvalue weighted by atomic mass is 16.5. The predicted molar refractivity (Wildman–Crippen MR) is 101 cm³/mol. The molecule has 0 aliphatic rings. The number of ether oxygens (including phenoxy) is 1. The minimum atomic E-state index is -1.07. The van der Waals surface area contributed by atoms with E-state index in [1.54, 1.807) is 43.5 Å². The van der Waals surface area contributed by atoms with E-state index in [9.17, 15) is 14.7 Å². The lowest BCUT2D eigenvalue weighted by atomic mass is 9.86. The second kappa shape index (κ2) is 8.04. The molecule has 0 saturated carbocycles. The molecule has 2 N–H and O–H groups in total. The zero-order chi connectivity index (χ0) is 19.3. The van der Waals surface area contributed by atoms with E-state index in [4.69, 9.17) is 4.74 Å². The number of carboxylic acid groups (broad SMARTS) is 1. The van der Waals surface area contributed by atoms with E-state index in [0.29, 0.717) is 11.3 Å². The Hall–Kier alpha value is -2.82. The van der Waals surface area contributed by atoms with Crippen LogP contribution in [0.15, 0.2) is 48.5 Å². The lowest BCUT2D eigenvalue weighted by Gasteiger charge is -2.19. The van der Waals surface area contributed by atoms with Gasteiger partial charge in [0.25, 0.3) is 5.91 Å². The number of carboxylic acids is 1. The van der Waals surface area contributed by atoms with Crippen LogP contribution < -0.4 is 10.1 Å². The van der Waals surface area contributed by atoms with Crippen LogP contribution in [-0.2, 0) is 16.6 Å². The van der Waals surface area contributed by atoms with Gasteiger partial charge in [0.15, 0.2) is 0 Å². The van der Waals surface area contributed by atoms with Crippen molar-refractivity contribution in [2.75, 3.05) is 7.11 Å². The minimum absolute atomic E-state index is 0.00697. The Morgan fingerprint density at radius 2 is 1.62 bits per heavy atom. The highest BCUT2D eigenvalue weighted by molar-refractivity contribution is 5.96. The molecule has 0 radical (unpaired) electrons. The van der Waals surface area contributed by atoms with E-state index >= 15 is 0 Å². The molecular formula is C21H25NO4. The van der Waals surface area contributed by atoms with Crippen LogP contribution >= 0.6 is 0 Å². The van der Waals surface area contributed by atoms with Crippen LogP contribution in [0.4, 0.5) is 0 Å². The molecule has 2 aromatic carbocycles. The monoisotopic (exact) mass is 355 g/mol. The largest absolute Gasteiger partial charge is 0.497 e. The van der Waals surface area contributed by atoms with Crippen molar-refractivity contribution in [1.82, 2.24) is 5.32 Å². The van der Waals surface area contributed by atoms with Crippen LogP contribution in [0.3, 0.4) is 0 Å². The Balaban J connectivity index is 2.08. The van der Waals surface area contributed by atoms with E-state index in [2.05, 4.69) is 26.1 Å². The molecule has 5 heteroatoms. The van der Waals surface area contributed by atoms with Gasteiger partial charge in [-0.25, -0.2) is 4.79 Å². The number of carbonyl (C=O) groups excluding carboxylic acids is 1. The third-order valence-corrected chi connectivity index (χ3v) is 4.22. The fourth-order valence-corrected chi connectivity index (χ4v) is 2.56. The first kappa shape index (κ1) is 19.5. The van der Waals surface area contributed by atoms with Crippen molar-refractivity contribution in [2.45, 2.75) is 38.6 Å². The van der Waals surface area contributed by atoms with Crippen molar-refractivity contribution in [3.05, 3.63) is 65.2 Å². The Morgan fingerprint density at radius 3 is 2.08 bits per heavy atom. The summed E-state index contributed by atoms with van der Waals surface area (Å²) in [6, 6.07) is 13.4. The number of amides is 1. The van der Waals surface area contributed by atoms with Gasteiger partial charge in [0, 0.05) is 12.0 Å². The third-order valence-electron chi connectivity index (χ3n) is 4.22. The Kier molecular flexibility index (Phi) is 6.03. The maximum Gasteiger partial charge on any atom is 0.326 e. The summed E-state index contributed by atoms with van der Waals surface area (Å²) in [5, 5.41) is 12.0. The van der Waals surface area contributed by atoms with Gasteiger partial charge in [0.05, 0.1) is 7.11 Å². The number of hydrogen-bond donors (Lipinski definition) is 2. The molecule has 0 unspecified atom stereocenters. The second-order valence-electron chi connectivity index (χ2n) is 7.24. The number of nitrogens with one attached hydrogen (secondary N) is 1. The molecule has 0 saturated heterocycles. The molecule has 2 rings (SSSR count). The third kappa shape index (κ3) is 5.09. The lowest BCUT2D eigenvalue weighted by molar-refractivity contribution is -0.139. The van der Waals surface area contributed by atoms with Crippen LogP contribution in [0.2, 0.25) is 0 Å².